The molecule has 2 aliphatic rings. The summed E-state index contributed by atoms with van der Waals surface area (Å²) in [4.78, 5) is 46.6. The summed E-state index contributed by atoms with van der Waals surface area (Å²) in [6.07, 6.45) is 2.78. The number of hydrazine groups is 1. The first-order valence-electron chi connectivity index (χ1n) is 18.0. The number of ether oxygens (including phenoxy) is 1. The maximum atomic E-state index is 14.6. The molecule has 55 heavy (non-hydrogen) atoms. The summed E-state index contributed by atoms with van der Waals surface area (Å²) in [5, 5.41) is 20.5. The molecule has 280 valence electrons. The SMILES string of the molecule is C=Cc1cccc(CN2CC3N(C(=O)CN(Cc4cc(-c5ccc(OC)cc5)no4)N3C(=O)NCc3ccccc3)[C@@H](Cc3ccc(O)cc3)C2=O)c1C=C. The van der Waals surface area contributed by atoms with E-state index in [9.17, 15) is 19.5 Å². The average Bonchev–Trinajstić information content (AvgIpc) is 3.68. The van der Waals surface area contributed by atoms with Crippen LogP contribution in [0.3, 0.4) is 0 Å². The van der Waals surface area contributed by atoms with Gasteiger partial charge in [0.15, 0.2) is 5.76 Å². The highest BCUT2D eigenvalue weighted by Crippen LogP contribution is 2.32. The third kappa shape index (κ3) is 7.85. The third-order valence-electron chi connectivity index (χ3n) is 9.99. The van der Waals surface area contributed by atoms with Gasteiger partial charge in [-0.2, -0.15) is 5.01 Å². The maximum absolute atomic E-state index is 14.6. The second-order valence-electron chi connectivity index (χ2n) is 13.4. The zero-order valence-electron chi connectivity index (χ0n) is 30.5. The topological polar surface area (TPSA) is 132 Å². The summed E-state index contributed by atoms with van der Waals surface area (Å²) >= 11 is 0. The van der Waals surface area contributed by atoms with Gasteiger partial charge in [0.05, 0.1) is 26.7 Å². The summed E-state index contributed by atoms with van der Waals surface area (Å²) in [6, 6.07) is 29.7. The molecule has 5 aromatic rings. The molecule has 12 nitrogen and oxygen atoms in total. The van der Waals surface area contributed by atoms with Crippen LogP contribution in [-0.4, -0.2) is 80.3 Å². The lowest BCUT2D eigenvalue weighted by Crippen LogP contribution is -2.76. The summed E-state index contributed by atoms with van der Waals surface area (Å²) < 4.78 is 11.1. The molecule has 0 bridgehead atoms. The van der Waals surface area contributed by atoms with Crippen molar-refractivity contribution in [1.82, 2.24) is 30.3 Å². The maximum Gasteiger partial charge on any atom is 0.334 e. The lowest BCUT2D eigenvalue weighted by Gasteiger charge is -2.55. The Bertz CT molecular complexity index is 2190. The Kier molecular flexibility index (Phi) is 10.8. The Morgan fingerprint density at radius 2 is 1.71 bits per heavy atom. The molecule has 4 amide bonds. The number of hydrogen-bond donors (Lipinski definition) is 2. The van der Waals surface area contributed by atoms with Crippen LogP contribution in [0, 0.1) is 0 Å². The molecule has 0 saturated carbocycles. The smallest absolute Gasteiger partial charge is 0.334 e. The van der Waals surface area contributed by atoms with Crippen LogP contribution >= 0.6 is 0 Å². The molecule has 12 heteroatoms. The number of fused-ring (bicyclic) bond motifs is 1. The Hall–Kier alpha value is -6.66. The summed E-state index contributed by atoms with van der Waals surface area (Å²) in [5.41, 5.74) is 5.62. The number of aromatic nitrogens is 1. The van der Waals surface area contributed by atoms with Crippen molar-refractivity contribution < 1.29 is 28.8 Å². The van der Waals surface area contributed by atoms with Gasteiger partial charge in [0.1, 0.15) is 29.4 Å². The van der Waals surface area contributed by atoms with Gasteiger partial charge in [0, 0.05) is 31.1 Å². The largest absolute Gasteiger partial charge is 0.508 e. The molecule has 0 radical (unpaired) electrons. The highest BCUT2D eigenvalue weighted by Gasteiger charge is 2.51. The minimum atomic E-state index is -0.941. The van der Waals surface area contributed by atoms with Crippen molar-refractivity contribution in [3.8, 4) is 22.8 Å². The number of aromatic hydroxyl groups is 1. The number of rotatable bonds is 12. The van der Waals surface area contributed by atoms with E-state index in [2.05, 4.69) is 23.6 Å². The molecule has 2 saturated heterocycles. The van der Waals surface area contributed by atoms with Gasteiger partial charge in [0.25, 0.3) is 0 Å². The van der Waals surface area contributed by atoms with E-state index in [1.807, 2.05) is 72.8 Å². The number of piperazine rings is 1. The quantitative estimate of drug-likeness (QED) is 0.157. The number of methoxy groups -OCH3 is 1. The second kappa shape index (κ2) is 16.1. The normalized spacial score (nSPS) is 17.1. The number of phenolic OH excluding ortho intramolecular Hbond substituents is 1. The Labute approximate surface area is 319 Å². The molecule has 2 atom stereocenters. The van der Waals surface area contributed by atoms with Crippen molar-refractivity contribution in [2.24, 2.45) is 0 Å². The summed E-state index contributed by atoms with van der Waals surface area (Å²) in [7, 11) is 1.60. The van der Waals surface area contributed by atoms with Gasteiger partial charge in [-0.15, -0.1) is 0 Å². The van der Waals surface area contributed by atoms with Gasteiger partial charge < -0.3 is 29.5 Å². The molecule has 2 fully saturated rings. The number of amides is 4. The summed E-state index contributed by atoms with van der Waals surface area (Å²) in [5.74, 6) is 0.664. The van der Waals surface area contributed by atoms with Crippen molar-refractivity contribution in [3.63, 3.8) is 0 Å². The molecule has 7 rings (SSSR count). The number of benzene rings is 4. The highest BCUT2D eigenvalue weighted by atomic mass is 16.5. The standard InChI is InChI=1S/C43H42N6O6/c1-4-31-12-9-13-33(37(31)5-2)25-46-27-40-48(39(42(46)52)22-29-14-18-34(50)19-15-29)41(51)28-47(49(40)43(53)44-24-30-10-7-6-8-11-30)26-36-23-38(45-55-36)32-16-20-35(54-3)21-17-32/h4-21,23,39-40,50H,1-2,22,24-28H2,3H3,(H,44,53)/t39-,40?/m0/s1. The Morgan fingerprint density at radius 1 is 0.945 bits per heavy atom. The van der Waals surface area contributed by atoms with E-state index in [1.165, 1.54) is 5.01 Å². The third-order valence-corrected chi connectivity index (χ3v) is 9.99. The van der Waals surface area contributed by atoms with E-state index in [0.29, 0.717) is 17.2 Å². The van der Waals surface area contributed by atoms with Gasteiger partial charge in [0.2, 0.25) is 11.8 Å². The van der Waals surface area contributed by atoms with Crippen molar-refractivity contribution in [3.05, 3.63) is 150 Å². The predicted molar refractivity (Wildman–Crippen MR) is 208 cm³/mol. The predicted octanol–water partition coefficient (Wildman–Crippen LogP) is 6.09. The van der Waals surface area contributed by atoms with Crippen LogP contribution in [0.25, 0.3) is 23.4 Å². The molecule has 4 aromatic carbocycles. The van der Waals surface area contributed by atoms with Crippen molar-refractivity contribution in [1.29, 1.82) is 0 Å². The van der Waals surface area contributed by atoms with Crippen LogP contribution < -0.4 is 10.1 Å². The fourth-order valence-corrected chi connectivity index (χ4v) is 7.25. The van der Waals surface area contributed by atoms with Crippen LogP contribution in [0.2, 0.25) is 0 Å². The van der Waals surface area contributed by atoms with Crippen LogP contribution in [0.1, 0.15) is 33.6 Å². The van der Waals surface area contributed by atoms with Gasteiger partial charge in [-0.3, -0.25) is 9.59 Å². The van der Waals surface area contributed by atoms with E-state index in [0.717, 1.165) is 33.4 Å². The molecule has 2 N–H and O–H groups in total. The Morgan fingerprint density at radius 3 is 2.42 bits per heavy atom. The van der Waals surface area contributed by atoms with E-state index in [-0.39, 0.29) is 56.7 Å². The van der Waals surface area contributed by atoms with E-state index < -0.39 is 18.2 Å². The van der Waals surface area contributed by atoms with Crippen molar-refractivity contribution in [2.75, 3.05) is 20.2 Å². The zero-order chi connectivity index (χ0) is 38.5. The van der Waals surface area contributed by atoms with Gasteiger partial charge in [-0.05, 0) is 64.2 Å². The van der Waals surface area contributed by atoms with E-state index >= 15 is 0 Å². The lowest BCUT2D eigenvalue weighted by atomic mass is 9.96. The lowest BCUT2D eigenvalue weighted by molar-refractivity contribution is -0.193. The average molecular weight is 739 g/mol. The van der Waals surface area contributed by atoms with Gasteiger partial charge in [-0.25, -0.2) is 9.80 Å². The monoisotopic (exact) mass is 738 g/mol. The number of carbonyl (C=O) groups is 3. The van der Waals surface area contributed by atoms with Crippen LogP contribution in [0.15, 0.2) is 121 Å². The van der Waals surface area contributed by atoms with Crippen LogP contribution in [-0.2, 0) is 35.6 Å². The van der Waals surface area contributed by atoms with Gasteiger partial charge in [-0.1, -0.05) is 91.1 Å². The van der Waals surface area contributed by atoms with Gasteiger partial charge >= 0.3 is 6.03 Å². The molecule has 1 aromatic heterocycles. The number of phenols is 1. The second-order valence-corrected chi connectivity index (χ2v) is 13.4. The van der Waals surface area contributed by atoms with E-state index in [4.69, 9.17) is 9.26 Å². The molecule has 1 unspecified atom stereocenters. The highest BCUT2D eigenvalue weighted by molar-refractivity contribution is 5.92. The van der Waals surface area contributed by atoms with Crippen molar-refractivity contribution >= 4 is 30.0 Å². The number of hydrogen-bond acceptors (Lipinski definition) is 8. The summed E-state index contributed by atoms with van der Waals surface area (Å²) in [6.45, 7) is 8.29. The number of carbonyl (C=O) groups excluding carboxylic acids is 3. The minimum Gasteiger partial charge on any atom is -0.508 e. The molecule has 0 spiro atoms. The van der Waals surface area contributed by atoms with Crippen LogP contribution in [0.5, 0.6) is 11.5 Å². The van der Waals surface area contributed by atoms with E-state index in [1.54, 1.807) is 64.4 Å². The van der Waals surface area contributed by atoms with Crippen molar-refractivity contribution in [2.45, 2.75) is 38.3 Å². The zero-order valence-corrected chi connectivity index (χ0v) is 30.5. The molecule has 3 heterocycles. The minimum absolute atomic E-state index is 0.0360. The first-order chi connectivity index (χ1) is 26.8. The first-order valence-corrected chi connectivity index (χ1v) is 18.0. The number of nitrogens with one attached hydrogen (secondary N) is 1. The fraction of sp³-hybridized carbons (Fsp3) is 0.209. The first kappa shape index (κ1) is 36.7. The molecule has 0 aliphatic carbocycles. The Balaban J connectivity index is 1.26. The number of urea groups is 1. The molecular formula is C43H42N6O6. The fourth-order valence-electron chi connectivity index (χ4n) is 7.25. The van der Waals surface area contributed by atoms with Crippen LogP contribution in [0.4, 0.5) is 4.79 Å². The molecule has 2 aliphatic heterocycles. The molecular weight excluding hydrogens is 697 g/mol. The number of nitrogens with zero attached hydrogens (tertiary/aromatic N) is 5.